The van der Waals surface area contributed by atoms with E-state index in [1.165, 1.54) is 23.5 Å². The highest BCUT2D eigenvalue weighted by Crippen LogP contribution is 2.31. The van der Waals surface area contributed by atoms with Gasteiger partial charge in [-0.2, -0.15) is 4.31 Å². The molecule has 1 aromatic carbocycles. The number of hydrogen-bond acceptors (Lipinski definition) is 5. The van der Waals surface area contributed by atoms with Gasteiger partial charge in [0.25, 0.3) is 0 Å². The van der Waals surface area contributed by atoms with Crippen molar-refractivity contribution in [1.82, 2.24) is 4.31 Å². The Balaban J connectivity index is 2.07. The first-order chi connectivity index (χ1) is 9.77. The molecule has 0 unspecified atom stereocenters. The summed E-state index contributed by atoms with van der Waals surface area (Å²) in [5.41, 5.74) is -0.760. The van der Waals surface area contributed by atoms with E-state index in [1.54, 1.807) is 19.1 Å². The first-order valence-electron chi connectivity index (χ1n) is 6.27. The maximum Gasteiger partial charge on any atom is 0.329 e. The topological polar surface area (TPSA) is 93.1 Å². The SMILES string of the molecule is COc1cccc(S(=O)(=O)N2CC(C)(OCC(=O)O)C2)c1. The molecule has 1 aromatic rings. The lowest BCUT2D eigenvalue weighted by Gasteiger charge is -2.46. The van der Waals surface area contributed by atoms with Crippen molar-refractivity contribution in [2.24, 2.45) is 0 Å². The van der Waals surface area contributed by atoms with Gasteiger partial charge in [0, 0.05) is 19.2 Å². The second-order valence-corrected chi connectivity index (χ2v) is 7.02. The van der Waals surface area contributed by atoms with Crippen LogP contribution in [0.5, 0.6) is 5.75 Å². The summed E-state index contributed by atoms with van der Waals surface area (Å²) in [7, 11) is -2.15. The predicted molar refractivity (Wildman–Crippen MR) is 73.7 cm³/mol. The molecule has 7 nitrogen and oxygen atoms in total. The average Bonchev–Trinajstić information content (AvgIpc) is 2.42. The van der Waals surface area contributed by atoms with Crippen LogP contribution in [-0.4, -0.2) is 56.2 Å². The van der Waals surface area contributed by atoms with Crippen LogP contribution in [0.2, 0.25) is 0 Å². The van der Waals surface area contributed by atoms with E-state index >= 15 is 0 Å². The van der Waals surface area contributed by atoms with Crippen LogP contribution in [0.25, 0.3) is 0 Å². The fraction of sp³-hybridized carbons (Fsp3) is 0.462. The van der Waals surface area contributed by atoms with Crippen LogP contribution in [0.15, 0.2) is 29.2 Å². The first-order valence-corrected chi connectivity index (χ1v) is 7.71. The molecule has 1 N–H and O–H groups in total. The minimum Gasteiger partial charge on any atom is -0.497 e. The number of ether oxygens (including phenoxy) is 2. The van der Waals surface area contributed by atoms with Crippen molar-refractivity contribution >= 4 is 16.0 Å². The van der Waals surface area contributed by atoms with Crippen molar-refractivity contribution in [3.63, 3.8) is 0 Å². The third kappa shape index (κ3) is 3.34. The maximum atomic E-state index is 12.4. The molecule has 21 heavy (non-hydrogen) atoms. The average molecular weight is 315 g/mol. The smallest absolute Gasteiger partial charge is 0.329 e. The molecule has 1 saturated heterocycles. The Bertz CT molecular complexity index is 636. The number of carboxylic acid groups (broad SMARTS) is 1. The highest BCUT2D eigenvalue weighted by molar-refractivity contribution is 7.89. The number of sulfonamides is 1. The van der Waals surface area contributed by atoms with Crippen molar-refractivity contribution in [3.05, 3.63) is 24.3 Å². The maximum absolute atomic E-state index is 12.4. The van der Waals surface area contributed by atoms with E-state index in [1.807, 2.05) is 0 Å². The fourth-order valence-electron chi connectivity index (χ4n) is 2.11. The summed E-state index contributed by atoms with van der Waals surface area (Å²) in [5, 5.41) is 8.59. The Kier molecular flexibility index (Phi) is 4.22. The number of nitrogens with zero attached hydrogens (tertiary/aromatic N) is 1. The third-order valence-corrected chi connectivity index (χ3v) is 5.03. The molecule has 1 aliphatic heterocycles. The number of benzene rings is 1. The fourth-order valence-corrected chi connectivity index (χ4v) is 3.81. The molecule has 1 heterocycles. The molecule has 1 aliphatic rings. The zero-order valence-electron chi connectivity index (χ0n) is 11.8. The zero-order valence-corrected chi connectivity index (χ0v) is 12.6. The first kappa shape index (κ1) is 15.7. The van der Waals surface area contributed by atoms with Gasteiger partial charge in [0.15, 0.2) is 0 Å². The molecule has 116 valence electrons. The van der Waals surface area contributed by atoms with Gasteiger partial charge < -0.3 is 14.6 Å². The Morgan fingerprint density at radius 3 is 2.67 bits per heavy atom. The molecule has 0 aromatic heterocycles. The number of carbonyl (C=O) groups is 1. The summed E-state index contributed by atoms with van der Waals surface area (Å²) in [4.78, 5) is 10.6. The Morgan fingerprint density at radius 2 is 2.10 bits per heavy atom. The van der Waals surface area contributed by atoms with E-state index < -0.39 is 28.2 Å². The number of methoxy groups -OCH3 is 1. The van der Waals surface area contributed by atoms with Crippen LogP contribution in [-0.2, 0) is 19.6 Å². The quantitative estimate of drug-likeness (QED) is 0.824. The summed E-state index contributed by atoms with van der Waals surface area (Å²) < 4.78 is 36.3. The molecule has 1 fully saturated rings. The van der Waals surface area contributed by atoms with Crippen LogP contribution in [0.4, 0.5) is 0 Å². The predicted octanol–water partition coefficient (Wildman–Crippen LogP) is 0.559. The van der Waals surface area contributed by atoms with Gasteiger partial charge in [-0.3, -0.25) is 0 Å². The lowest BCUT2D eigenvalue weighted by molar-refractivity contribution is -0.157. The van der Waals surface area contributed by atoms with Crippen molar-refractivity contribution in [3.8, 4) is 5.75 Å². The molecule has 2 rings (SSSR count). The second kappa shape index (κ2) is 5.63. The molecule has 0 spiro atoms. The summed E-state index contributed by atoms with van der Waals surface area (Å²) in [6.07, 6.45) is 0. The molecular weight excluding hydrogens is 298 g/mol. The lowest BCUT2D eigenvalue weighted by atomic mass is 10.0. The third-order valence-electron chi connectivity index (χ3n) is 3.24. The highest BCUT2D eigenvalue weighted by Gasteiger charge is 2.46. The minimum atomic E-state index is -3.62. The normalized spacial score (nSPS) is 18.0. The monoisotopic (exact) mass is 315 g/mol. The van der Waals surface area contributed by atoms with Gasteiger partial charge in [0.1, 0.15) is 12.4 Å². The van der Waals surface area contributed by atoms with Gasteiger partial charge >= 0.3 is 5.97 Å². The standard InChI is InChI=1S/C13H17NO6S/c1-13(20-7-12(15)16)8-14(9-13)21(17,18)11-5-3-4-10(6-11)19-2/h3-6H,7-9H2,1-2H3,(H,15,16). The van der Waals surface area contributed by atoms with Crippen LogP contribution < -0.4 is 4.74 Å². The minimum absolute atomic E-state index is 0.125. The van der Waals surface area contributed by atoms with E-state index in [2.05, 4.69) is 0 Å². The van der Waals surface area contributed by atoms with Crippen LogP contribution >= 0.6 is 0 Å². The molecule has 0 atom stereocenters. The molecule has 0 radical (unpaired) electrons. The number of hydrogen-bond donors (Lipinski definition) is 1. The summed E-state index contributed by atoms with van der Waals surface area (Å²) in [6.45, 7) is 1.50. The van der Waals surface area contributed by atoms with Gasteiger partial charge in [-0.25, -0.2) is 13.2 Å². The Labute approximate surface area is 123 Å². The Hall–Kier alpha value is -1.64. The summed E-state index contributed by atoms with van der Waals surface area (Å²) in [6, 6.07) is 6.20. The van der Waals surface area contributed by atoms with Crippen molar-refractivity contribution < 1.29 is 27.8 Å². The van der Waals surface area contributed by atoms with Crippen LogP contribution in [0.1, 0.15) is 6.92 Å². The molecule has 0 aliphatic carbocycles. The van der Waals surface area contributed by atoms with E-state index in [4.69, 9.17) is 14.6 Å². The van der Waals surface area contributed by atoms with Crippen molar-refractivity contribution in [2.75, 3.05) is 26.8 Å². The lowest BCUT2D eigenvalue weighted by Crippen LogP contribution is -2.63. The molecule has 0 bridgehead atoms. The number of rotatable bonds is 6. The van der Waals surface area contributed by atoms with Crippen LogP contribution in [0, 0.1) is 0 Å². The van der Waals surface area contributed by atoms with Crippen molar-refractivity contribution in [1.29, 1.82) is 0 Å². The van der Waals surface area contributed by atoms with Crippen molar-refractivity contribution in [2.45, 2.75) is 17.4 Å². The van der Waals surface area contributed by atoms with Gasteiger partial charge in [-0.05, 0) is 19.1 Å². The van der Waals surface area contributed by atoms with Crippen LogP contribution in [0.3, 0.4) is 0 Å². The Morgan fingerprint density at radius 1 is 1.43 bits per heavy atom. The van der Waals surface area contributed by atoms with E-state index in [-0.39, 0.29) is 18.0 Å². The summed E-state index contributed by atoms with van der Waals surface area (Å²) >= 11 is 0. The largest absolute Gasteiger partial charge is 0.497 e. The van der Waals surface area contributed by atoms with Gasteiger partial charge in [0.2, 0.25) is 10.0 Å². The molecule has 0 saturated carbocycles. The molecular formula is C13H17NO6S. The van der Waals surface area contributed by atoms with Gasteiger partial charge in [-0.1, -0.05) is 6.07 Å². The van der Waals surface area contributed by atoms with Gasteiger partial charge in [-0.15, -0.1) is 0 Å². The second-order valence-electron chi connectivity index (χ2n) is 5.08. The zero-order chi connectivity index (χ0) is 15.7. The number of carboxylic acids is 1. The number of aliphatic carboxylic acids is 1. The van der Waals surface area contributed by atoms with Gasteiger partial charge in [0.05, 0.1) is 17.6 Å². The molecule has 8 heteroatoms. The molecule has 0 amide bonds. The summed E-state index contributed by atoms with van der Waals surface area (Å²) in [5.74, 6) is -0.619. The van der Waals surface area contributed by atoms with E-state index in [0.717, 1.165) is 0 Å². The van der Waals surface area contributed by atoms with E-state index in [9.17, 15) is 13.2 Å². The van der Waals surface area contributed by atoms with E-state index in [0.29, 0.717) is 5.75 Å². The highest BCUT2D eigenvalue weighted by atomic mass is 32.2.